The molecule has 0 spiro atoms. The number of allylic oxidation sites excluding steroid dienone is 2. The molecule has 1 aromatic heterocycles. The van der Waals surface area contributed by atoms with Gasteiger partial charge in [0.1, 0.15) is 5.01 Å². The highest BCUT2D eigenvalue weighted by molar-refractivity contribution is 7.15. The van der Waals surface area contributed by atoms with Crippen molar-refractivity contribution in [3.8, 4) is 0 Å². The summed E-state index contributed by atoms with van der Waals surface area (Å²) in [5.74, 6) is -0.915. The van der Waals surface area contributed by atoms with Gasteiger partial charge in [-0.3, -0.25) is 19.3 Å². The molecular weight excluding hydrogens is 400 g/mol. The van der Waals surface area contributed by atoms with Crippen LogP contribution in [-0.2, 0) is 14.4 Å². The van der Waals surface area contributed by atoms with Gasteiger partial charge in [0.05, 0.1) is 24.3 Å². The topological polar surface area (TPSA) is 92.3 Å². The highest BCUT2D eigenvalue weighted by Gasteiger charge is 2.58. The fourth-order valence-electron chi connectivity index (χ4n) is 5.13. The van der Waals surface area contributed by atoms with Crippen LogP contribution in [0.1, 0.15) is 35.9 Å². The molecule has 154 valence electrons. The SMILES string of the molecule is Cc1nnc(NC(=O)C[C@@H](c2ccccc2)N2C(=O)[C@@H]3[C@H](C2=O)[C@H]2C=C[C@H]3CC2)s1. The molecule has 2 bridgehead atoms. The van der Waals surface area contributed by atoms with Crippen LogP contribution in [0.25, 0.3) is 0 Å². The van der Waals surface area contributed by atoms with Gasteiger partial charge >= 0.3 is 0 Å². The van der Waals surface area contributed by atoms with E-state index in [1.807, 2.05) is 37.3 Å². The van der Waals surface area contributed by atoms with Crippen LogP contribution in [-0.4, -0.2) is 32.8 Å². The Labute approximate surface area is 178 Å². The highest BCUT2D eigenvalue weighted by Crippen LogP contribution is 2.51. The lowest BCUT2D eigenvalue weighted by atomic mass is 9.63. The Morgan fingerprint density at radius 2 is 1.73 bits per heavy atom. The van der Waals surface area contributed by atoms with Crippen molar-refractivity contribution in [2.75, 3.05) is 5.32 Å². The molecule has 8 heteroatoms. The van der Waals surface area contributed by atoms with Crippen molar-refractivity contribution in [3.63, 3.8) is 0 Å². The molecule has 1 saturated carbocycles. The molecule has 1 saturated heterocycles. The van der Waals surface area contributed by atoms with Gasteiger partial charge in [-0.25, -0.2) is 0 Å². The zero-order valence-corrected chi connectivity index (χ0v) is 17.3. The van der Waals surface area contributed by atoms with E-state index in [0.717, 1.165) is 23.4 Å². The number of likely N-dealkylation sites (tertiary alicyclic amines) is 1. The Kier molecular flexibility index (Phi) is 4.73. The van der Waals surface area contributed by atoms with Crippen LogP contribution in [0.5, 0.6) is 0 Å². The normalized spacial score (nSPS) is 28.0. The molecule has 7 nitrogen and oxygen atoms in total. The second kappa shape index (κ2) is 7.43. The Morgan fingerprint density at radius 3 is 2.27 bits per heavy atom. The quantitative estimate of drug-likeness (QED) is 0.590. The fraction of sp³-hybridized carbons (Fsp3) is 0.409. The summed E-state index contributed by atoms with van der Waals surface area (Å²) in [6.07, 6.45) is 6.09. The third-order valence-electron chi connectivity index (χ3n) is 6.44. The third kappa shape index (κ3) is 3.15. The molecule has 30 heavy (non-hydrogen) atoms. The minimum absolute atomic E-state index is 0.0116. The number of carbonyl (C=O) groups excluding carboxylic acids is 3. The first kappa shape index (κ1) is 19.1. The predicted molar refractivity (Wildman–Crippen MR) is 111 cm³/mol. The van der Waals surface area contributed by atoms with Gasteiger partial charge in [-0.1, -0.05) is 53.8 Å². The lowest BCUT2D eigenvalue weighted by molar-refractivity contribution is -0.143. The van der Waals surface area contributed by atoms with Crippen molar-refractivity contribution in [1.82, 2.24) is 15.1 Å². The van der Waals surface area contributed by atoms with Gasteiger partial charge in [0.15, 0.2) is 0 Å². The van der Waals surface area contributed by atoms with Gasteiger partial charge in [-0.05, 0) is 37.2 Å². The smallest absolute Gasteiger partial charge is 0.234 e. The number of nitrogens with zero attached hydrogens (tertiary/aromatic N) is 3. The van der Waals surface area contributed by atoms with E-state index in [2.05, 4.69) is 27.7 Å². The zero-order valence-electron chi connectivity index (χ0n) is 16.5. The number of carbonyl (C=O) groups is 3. The number of aromatic nitrogens is 2. The van der Waals surface area contributed by atoms with Crippen molar-refractivity contribution in [2.24, 2.45) is 23.7 Å². The summed E-state index contributed by atoms with van der Waals surface area (Å²) in [5.41, 5.74) is 0.779. The van der Waals surface area contributed by atoms with Crippen molar-refractivity contribution in [1.29, 1.82) is 0 Å². The van der Waals surface area contributed by atoms with Gasteiger partial charge in [-0.15, -0.1) is 10.2 Å². The van der Waals surface area contributed by atoms with Gasteiger partial charge < -0.3 is 5.32 Å². The van der Waals surface area contributed by atoms with Crippen molar-refractivity contribution < 1.29 is 14.4 Å². The lowest BCUT2D eigenvalue weighted by Crippen LogP contribution is -2.38. The monoisotopic (exact) mass is 422 g/mol. The maximum Gasteiger partial charge on any atom is 0.234 e. The number of nitrogens with one attached hydrogen (secondary N) is 1. The molecular formula is C22H22N4O3S. The molecule has 2 fully saturated rings. The number of rotatable bonds is 5. The van der Waals surface area contributed by atoms with Gasteiger partial charge in [-0.2, -0.15) is 0 Å². The third-order valence-corrected chi connectivity index (χ3v) is 7.19. The minimum Gasteiger partial charge on any atom is -0.300 e. The van der Waals surface area contributed by atoms with Crippen LogP contribution in [0.2, 0.25) is 0 Å². The molecule has 0 unspecified atom stereocenters. The summed E-state index contributed by atoms with van der Waals surface area (Å²) >= 11 is 1.29. The molecule has 3 aliphatic carbocycles. The average molecular weight is 423 g/mol. The highest BCUT2D eigenvalue weighted by atomic mass is 32.1. The molecule has 1 aromatic carbocycles. The summed E-state index contributed by atoms with van der Waals surface area (Å²) in [7, 11) is 0. The number of fused-ring (bicyclic) bond motifs is 1. The van der Waals surface area contributed by atoms with E-state index in [1.165, 1.54) is 16.2 Å². The number of amides is 3. The average Bonchev–Trinajstić information content (AvgIpc) is 3.29. The number of aryl methyl sites for hydroxylation is 1. The van der Waals surface area contributed by atoms with Crippen LogP contribution in [0, 0.1) is 30.6 Å². The van der Waals surface area contributed by atoms with Crippen LogP contribution >= 0.6 is 11.3 Å². The fourth-order valence-corrected chi connectivity index (χ4v) is 5.74. The Balaban J connectivity index is 1.44. The van der Waals surface area contributed by atoms with Crippen molar-refractivity contribution in [2.45, 2.75) is 32.2 Å². The molecule has 1 aliphatic heterocycles. The molecule has 2 aromatic rings. The second-order valence-electron chi connectivity index (χ2n) is 8.19. The van der Waals surface area contributed by atoms with Crippen molar-refractivity contribution >= 4 is 34.2 Å². The summed E-state index contributed by atoms with van der Waals surface area (Å²) < 4.78 is 0. The van der Waals surface area contributed by atoms with Crippen LogP contribution in [0.15, 0.2) is 42.5 Å². The molecule has 5 atom stereocenters. The van der Waals surface area contributed by atoms with Crippen LogP contribution in [0.4, 0.5) is 5.13 Å². The summed E-state index contributed by atoms with van der Waals surface area (Å²) in [5, 5.41) is 11.8. The predicted octanol–water partition coefficient (Wildman–Crippen LogP) is 3.11. The van der Waals surface area contributed by atoms with E-state index < -0.39 is 6.04 Å². The molecule has 4 aliphatic rings. The zero-order chi connectivity index (χ0) is 20.8. The second-order valence-corrected chi connectivity index (χ2v) is 9.37. The maximum absolute atomic E-state index is 13.4. The largest absolute Gasteiger partial charge is 0.300 e. The first-order valence-corrected chi connectivity index (χ1v) is 11.0. The van der Waals surface area contributed by atoms with E-state index in [9.17, 15) is 14.4 Å². The Bertz CT molecular complexity index is 1000. The van der Waals surface area contributed by atoms with E-state index >= 15 is 0 Å². The van der Waals surface area contributed by atoms with Gasteiger partial charge in [0.25, 0.3) is 0 Å². The maximum atomic E-state index is 13.4. The van der Waals surface area contributed by atoms with E-state index in [0.29, 0.717) is 5.13 Å². The minimum atomic E-state index is -0.634. The number of hydrogen-bond donors (Lipinski definition) is 1. The van der Waals surface area contributed by atoms with Crippen LogP contribution in [0.3, 0.4) is 0 Å². The summed E-state index contributed by atoms with van der Waals surface area (Å²) in [6, 6.07) is 8.69. The molecule has 6 rings (SSSR count). The first-order chi connectivity index (χ1) is 14.5. The molecule has 1 N–H and O–H groups in total. The number of imide groups is 1. The molecule has 3 amide bonds. The summed E-state index contributed by atoms with van der Waals surface area (Å²) in [4.78, 5) is 41.0. The standard InChI is InChI=1S/C22H22N4O3S/c1-12-24-25-22(30-12)23-17(27)11-16(13-5-3-2-4-6-13)26-20(28)18-14-7-8-15(10-9-14)19(18)21(26)29/h2-8,14-16,18-19H,9-11H2,1H3,(H,23,25,27)/t14-,15-,16-,18-,19+/m0/s1. The number of hydrogen-bond acceptors (Lipinski definition) is 6. The van der Waals surface area contributed by atoms with E-state index in [-0.39, 0.29) is 47.8 Å². The molecule has 2 heterocycles. The Hall–Kier alpha value is -2.87. The van der Waals surface area contributed by atoms with Gasteiger partial charge in [0, 0.05) is 0 Å². The first-order valence-electron chi connectivity index (χ1n) is 10.2. The summed E-state index contributed by atoms with van der Waals surface area (Å²) in [6.45, 7) is 1.81. The van der Waals surface area contributed by atoms with Crippen molar-refractivity contribution in [3.05, 3.63) is 53.1 Å². The van der Waals surface area contributed by atoms with E-state index in [1.54, 1.807) is 0 Å². The van der Waals surface area contributed by atoms with Gasteiger partial charge in [0.2, 0.25) is 22.9 Å². The number of benzene rings is 1. The van der Waals surface area contributed by atoms with Crippen LogP contribution < -0.4 is 5.32 Å². The number of anilines is 1. The lowest BCUT2D eigenvalue weighted by Gasteiger charge is -2.38. The van der Waals surface area contributed by atoms with E-state index in [4.69, 9.17) is 0 Å². The Morgan fingerprint density at radius 1 is 1.10 bits per heavy atom. The molecule has 0 radical (unpaired) electrons.